The molecule has 0 spiro atoms. The van der Waals surface area contributed by atoms with Crippen molar-refractivity contribution in [3.05, 3.63) is 60.2 Å². The van der Waals surface area contributed by atoms with Gasteiger partial charge in [0.25, 0.3) is 0 Å². The fourth-order valence-electron chi connectivity index (χ4n) is 1.95. The lowest BCUT2D eigenvalue weighted by atomic mass is 9.98. The van der Waals surface area contributed by atoms with Crippen LogP contribution in [0.15, 0.2) is 54.6 Å². The molecule has 2 aromatic rings. The summed E-state index contributed by atoms with van der Waals surface area (Å²) in [5.41, 5.74) is 2.06. The zero-order valence-electron chi connectivity index (χ0n) is 10.2. The van der Waals surface area contributed by atoms with E-state index in [2.05, 4.69) is 37.8 Å². The highest BCUT2D eigenvalue weighted by atomic mass is 16.3. The molecule has 0 heterocycles. The number of hydrogen-bond donors (Lipinski definition) is 1. The number of hydrogen-bond acceptors (Lipinski definition) is 1. The molecule has 0 saturated heterocycles. The summed E-state index contributed by atoms with van der Waals surface area (Å²) in [5, 5.41) is 12.5. The van der Waals surface area contributed by atoms with E-state index in [0.29, 0.717) is 6.42 Å². The standard InChI is InChI=1S/C16H18O/c1-3-12(2)10-16(17)15-9-8-13-6-4-5-7-14(13)11-15/h4-9,11,16-17H,2-3,10H2,1H3. The van der Waals surface area contributed by atoms with Gasteiger partial charge in [0.2, 0.25) is 0 Å². The molecule has 17 heavy (non-hydrogen) atoms. The van der Waals surface area contributed by atoms with E-state index in [-0.39, 0.29) is 0 Å². The van der Waals surface area contributed by atoms with E-state index in [0.717, 1.165) is 17.6 Å². The molecule has 0 aliphatic carbocycles. The summed E-state index contributed by atoms with van der Waals surface area (Å²) in [6.07, 6.45) is 1.13. The highest BCUT2D eigenvalue weighted by Crippen LogP contribution is 2.25. The summed E-state index contributed by atoms with van der Waals surface area (Å²) in [6.45, 7) is 6.01. The second-order valence-corrected chi connectivity index (χ2v) is 4.43. The Hall–Kier alpha value is -1.60. The normalized spacial score (nSPS) is 12.6. The van der Waals surface area contributed by atoms with Gasteiger partial charge in [-0.2, -0.15) is 0 Å². The molecular formula is C16H18O. The highest BCUT2D eigenvalue weighted by Gasteiger charge is 2.08. The molecule has 1 atom stereocenters. The van der Waals surface area contributed by atoms with Crippen molar-refractivity contribution in [3.8, 4) is 0 Å². The van der Waals surface area contributed by atoms with Gasteiger partial charge >= 0.3 is 0 Å². The summed E-state index contributed by atoms with van der Waals surface area (Å²) in [4.78, 5) is 0. The van der Waals surface area contributed by atoms with E-state index in [1.165, 1.54) is 10.8 Å². The molecule has 88 valence electrons. The van der Waals surface area contributed by atoms with Crippen molar-refractivity contribution >= 4 is 10.8 Å². The van der Waals surface area contributed by atoms with Crippen LogP contribution in [0.1, 0.15) is 31.4 Å². The summed E-state index contributed by atoms with van der Waals surface area (Å²) in [5.74, 6) is 0. The Bertz CT molecular complexity index is 528. The number of fused-ring (bicyclic) bond motifs is 1. The third-order valence-electron chi connectivity index (χ3n) is 3.14. The maximum Gasteiger partial charge on any atom is 0.0827 e. The van der Waals surface area contributed by atoms with Crippen molar-refractivity contribution in [1.82, 2.24) is 0 Å². The van der Waals surface area contributed by atoms with Gasteiger partial charge in [-0.25, -0.2) is 0 Å². The lowest BCUT2D eigenvalue weighted by molar-refractivity contribution is 0.177. The van der Waals surface area contributed by atoms with Crippen molar-refractivity contribution in [2.24, 2.45) is 0 Å². The molecule has 0 saturated carbocycles. The fraction of sp³-hybridized carbons (Fsp3) is 0.250. The molecule has 0 aliphatic rings. The summed E-state index contributed by atoms with van der Waals surface area (Å²) in [6, 6.07) is 14.3. The quantitative estimate of drug-likeness (QED) is 0.773. The predicted molar refractivity (Wildman–Crippen MR) is 73.0 cm³/mol. The van der Waals surface area contributed by atoms with E-state index in [9.17, 15) is 5.11 Å². The van der Waals surface area contributed by atoms with E-state index in [1.807, 2.05) is 18.2 Å². The van der Waals surface area contributed by atoms with Gasteiger partial charge in [0.05, 0.1) is 6.10 Å². The second kappa shape index (κ2) is 5.15. The third kappa shape index (κ3) is 2.75. The zero-order chi connectivity index (χ0) is 12.3. The van der Waals surface area contributed by atoms with Crippen molar-refractivity contribution in [3.63, 3.8) is 0 Å². The lowest BCUT2D eigenvalue weighted by Gasteiger charge is -2.12. The highest BCUT2D eigenvalue weighted by molar-refractivity contribution is 5.83. The monoisotopic (exact) mass is 226 g/mol. The summed E-state index contributed by atoms with van der Waals surface area (Å²) < 4.78 is 0. The van der Waals surface area contributed by atoms with Crippen LogP contribution in [-0.2, 0) is 0 Å². The Labute approximate surface area is 102 Å². The van der Waals surface area contributed by atoms with Gasteiger partial charge in [-0.05, 0) is 35.2 Å². The first kappa shape index (κ1) is 11.9. The van der Waals surface area contributed by atoms with E-state index in [4.69, 9.17) is 0 Å². The van der Waals surface area contributed by atoms with Crippen LogP contribution in [0.25, 0.3) is 10.8 Å². The first-order valence-corrected chi connectivity index (χ1v) is 6.04. The van der Waals surface area contributed by atoms with Crippen LogP contribution in [0.5, 0.6) is 0 Å². The van der Waals surface area contributed by atoms with Gasteiger partial charge in [0, 0.05) is 0 Å². The van der Waals surface area contributed by atoms with Gasteiger partial charge in [0.15, 0.2) is 0 Å². The minimum absolute atomic E-state index is 0.438. The number of aliphatic hydroxyl groups is 1. The fourth-order valence-corrected chi connectivity index (χ4v) is 1.95. The minimum Gasteiger partial charge on any atom is -0.388 e. The molecule has 0 aromatic heterocycles. The van der Waals surface area contributed by atoms with Crippen LogP contribution < -0.4 is 0 Å². The predicted octanol–water partition coefficient (Wildman–Crippen LogP) is 4.23. The molecule has 0 bridgehead atoms. The molecule has 1 unspecified atom stereocenters. The number of rotatable bonds is 4. The van der Waals surface area contributed by atoms with Crippen LogP contribution in [0.3, 0.4) is 0 Å². The topological polar surface area (TPSA) is 20.2 Å². The number of aliphatic hydroxyl groups excluding tert-OH is 1. The molecule has 1 nitrogen and oxygen atoms in total. The average molecular weight is 226 g/mol. The summed E-state index contributed by atoms with van der Waals surface area (Å²) >= 11 is 0. The molecule has 0 radical (unpaired) electrons. The molecule has 2 aromatic carbocycles. The SMILES string of the molecule is C=C(CC)CC(O)c1ccc2ccccc2c1. The molecule has 0 aliphatic heterocycles. The van der Waals surface area contributed by atoms with Gasteiger partial charge < -0.3 is 5.11 Å². The Kier molecular flexibility index (Phi) is 3.60. The maximum atomic E-state index is 10.1. The first-order chi connectivity index (χ1) is 8.20. The second-order valence-electron chi connectivity index (χ2n) is 4.43. The van der Waals surface area contributed by atoms with Crippen LogP contribution in [0.4, 0.5) is 0 Å². The van der Waals surface area contributed by atoms with Gasteiger partial charge in [-0.15, -0.1) is 0 Å². The first-order valence-electron chi connectivity index (χ1n) is 6.04. The van der Waals surface area contributed by atoms with Crippen LogP contribution in [-0.4, -0.2) is 5.11 Å². The molecule has 0 amide bonds. The van der Waals surface area contributed by atoms with Crippen molar-refractivity contribution < 1.29 is 5.11 Å². The molecular weight excluding hydrogens is 208 g/mol. The smallest absolute Gasteiger partial charge is 0.0827 e. The van der Waals surface area contributed by atoms with E-state index in [1.54, 1.807) is 0 Å². The Morgan fingerprint density at radius 1 is 1.18 bits per heavy atom. The van der Waals surface area contributed by atoms with Crippen LogP contribution in [0, 0.1) is 0 Å². The van der Waals surface area contributed by atoms with Crippen LogP contribution in [0.2, 0.25) is 0 Å². The molecule has 1 N–H and O–H groups in total. The van der Waals surface area contributed by atoms with Crippen molar-refractivity contribution in [1.29, 1.82) is 0 Å². The largest absolute Gasteiger partial charge is 0.388 e. The zero-order valence-corrected chi connectivity index (χ0v) is 10.2. The van der Waals surface area contributed by atoms with E-state index >= 15 is 0 Å². The number of benzene rings is 2. The average Bonchev–Trinajstić information content (AvgIpc) is 2.38. The molecule has 0 fully saturated rings. The lowest BCUT2D eigenvalue weighted by Crippen LogP contribution is -1.98. The van der Waals surface area contributed by atoms with E-state index < -0.39 is 6.10 Å². The van der Waals surface area contributed by atoms with Crippen molar-refractivity contribution in [2.45, 2.75) is 25.9 Å². The Morgan fingerprint density at radius 3 is 2.59 bits per heavy atom. The molecule has 1 heteroatoms. The maximum absolute atomic E-state index is 10.1. The van der Waals surface area contributed by atoms with Crippen LogP contribution >= 0.6 is 0 Å². The summed E-state index contributed by atoms with van der Waals surface area (Å²) in [7, 11) is 0. The Balaban J connectivity index is 2.26. The van der Waals surface area contributed by atoms with Gasteiger partial charge in [-0.1, -0.05) is 55.5 Å². The van der Waals surface area contributed by atoms with Gasteiger partial charge in [-0.3, -0.25) is 0 Å². The van der Waals surface area contributed by atoms with Crippen molar-refractivity contribution in [2.75, 3.05) is 0 Å². The third-order valence-corrected chi connectivity index (χ3v) is 3.14. The van der Waals surface area contributed by atoms with Gasteiger partial charge in [0.1, 0.15) is 0 Å². The minimum atomic E-state index is -0.438. The Morgan fingerprint density at radius 2 is 1.88 bits per heavy atom. The molecule has 2 rings (SSSR count).